The molecule has 1 saturated carbocycles. The number of aliphatic imine (C=N–C) groups is 1. The summed E-state index contributed by atoms with van der Waals surface area (Å²) < 4.78 is 6.25. The molecule has 0 saturated heterocycles. The molecule has 0 radical (unpaired) electrons. The molecule has 0 aliphatic heterocycles. The van der Waals surface area contributed by atoms with Crippen LogP contribution in [0.4, 0.5) is 5.69 Å². The number of rotatable bonds is 5. The van der Waals surface area contributed by atoms with Crippen LogP contribution in [0.3, 0.4) is 0 Å². The van der Waals surface area contributed by atoms with Crippen LogP contribution in [-0.2, 0) is 5.41 Å². The summed E-state index contributed by atoms with van der Waals surface area (Å²) in [5.74, 6) is 1.26. The Balaban J connectivity index is 1.64. The molecule has 120 valence electrons. The highest BCUT2D eigenvalue weighted by atomic mass is 79.9. The topological polar surface area (TPSA) is 59.6 Å². The predicted octanol–water partition coefficient (Wildman–Crippen LogP) is 3.92. The normalized spacial score (nSPS) is 16.0. The molecular weight excluding hydrogens is 354 g/mol. The summed E-state index contributed by atoms with van der Waals surface area (Å²) in [4.78, 5) is 4.54. The van der Waals surface area contributed by atoms with Crippen LogP contribution in [0.5, 0.6) is 5.75 Å². The first-order chi connectivity index (χ1) is 11.1. The molecular formula is C18H20BrN3O. The van der Waals surface area contributed by atoms with Gasteiger partial charge in [0.1, 0.15) is 5.75 Å². The van der Waals surface area contributed by atoms with Gasteiger partial charge in [-0.1, -0.05) is 28.1 Å². The van der Waals surface area contributed by atoms with Crippen LogP contribution in [0, 0.1) is 0 Å². The van der Waals surface area contributed by atoms with E-state index in [2.05, 4.69) is 44.4 Å². The molecule has 23 heavy (non-hydrogen) atoms. The lowest BCUT2D eigenvalue weighted by Crippen LogP contribution is -2.24. The molecule has 0 unspecified atom stereocenters. The SMILES string of the molecule is COc1ccc(NC(N)=NCC2(c3cccc(Br)c3)CC2)cc1. The summed E-state index contributed by atoms with van der Waals surface area (Å²) in [6, 6.07) is 16.1. The van der Waals surface area contributed by atoms with Crippen LogP contribution in [0.25, 0.3) is 0 Å². The fourth-order valence-electron chi connectivity index (χ4n) is 2.61. The van der Waals surface area contributed by atoms with E-state index in [0.717, 1.165) is 28.8 Å². The number of anilines is 1. The first kappa shape index (κ1) is 15.9. The van der Waals surface area contributed by atoms with Crippen molar-refractivity contribution in [1.82, 2.24) is 0 Å². The molecule has 0 bridgehead atoms. The van der Waals surface area contributed by atoms with Gasteiger partial charge in [0.2, 0.25) is 0 Å². The molecule has 5 heteroatoms. The largest absolute Gasteiger partial charge is 0.497 e. The van der Waals surface area contributed by atoms with Gasteiger partial charge in [-0.2, -0.15) is 0 Å². The number of ether oxygens (including phenoxy) is 1. The van der Waals surface area contributed by atoms with Gasteiger partial charge in [0.25, 0.3) is 0 Å². The van der Waals surface area contributed by atoms with Crippen molar-refractivity contribution in [2.75, 3.05) is 19.0 Å². The van der Waals surface area contributed by atoms with Gasteiger partial charge in [-0.15, -0.1) is 0 Å². The number of guanidine groups is 1. The van der Waals surface area contributed by atoms with Crippen molar-refractivity contribution in [1.29, 1.82) is 0 Å². The molecule has 0 atom stereocenters. The van der Waals surface area contributed by atoms with Gasteiger partial charge in [0.05, 0.1) is 13.7 Å². The Bertz CT molecular complexity index is 708. The van der Waals surface area contributed by atoms with Crippen molar-refractivity contribution in [2.45, 2.75) is 18.3 Å². The number of benzene rings is 2. The fraction of sp³-hybridized carbons (Fsp3) is 0.278. The number of nitrogens with zero attached hydrogens (tertiary/aromatic N) is 1. The summed E-state index contributed by atoms with van der Waals surface area (Å²) in [7, 11) is 1.65. The molecule has 2 aromatic carbocycles. The first-order valence-electron chi connectivity index (χ1n) is 7.58. The van der Waals surface area contributed by atoms with Crippen LogP contribution < -0.4 is 15.8 Å². The van der Waals surface area contributed by atoms with E-state index < -0.39 is 0 Å². The molecule has 1 aliphatic carbocycles. The van der Waals surface area contributed by atoms with Gasteiger partial charge in [-0.25, -0.2) is 0 Å². The predicted molar refractivity (Wildman–Crippen MR) is 98.2 cm³/mol. The first-order valence-corrected chi connectivity index (χ1v) is 8.38. The summed E-state index contributed by atoms with van der Waals surface area (Å²) in [6.45, 7) is 0.707. The van der Waals surface area contributed by atoms with Crippen molar-refractivity contribution < 1.29 is 4.74 Å². The number of hydrogen-bond donors (Lipinski definition) is 2. The zero-order chi connectivity index (χ0) is 16.3. The molecule has 0 aromatic heterocycles. The van der Waals surface area contributed by atoms with Crippen LogP contribution >= 0.6 is 15.9 Å². The molecule has 2 aromatic rings. The molecule has 1 aliphatic rings. The van der Waals surface area contributed by atoms with E-state index in [9.17, 15) is 0 Å². The number of nitrogens with two attached hydrogens (primary N) is 1. The second-order valence-electron chi connectivity index (χ2n) is 5.85. The Morgan fingerprint density at radius 3 is 2.61 bits per heavy atom. The minimum Gasteiger partial charge on any atom is -0.497 e. The van der Waals surface area contributed by atoms with Crippen LogP contribution in [0.2, 0.25) is 0 Å². The highest BCUT2D eigenvalue weighted by Crippen LogP contribution is 2.48. The van der Waals surface area contributed by atoms with Gasteiger partial charge >= 0.3 is 0 Å². The molecule has 3 N–H and O–H groups in total. The number of hydrogen-bond acceptors (Lipinski definition) is 2. The van der Waals surface area contributed by atoms with Gasteiger partial charge in [-0.3, -0.25) is 4.99 Å². The smallest absolute Gasteiger partial charge is 0.193 e. The zero-order valence-corrected chi connectivity index (χ0v) is 14.6. The second-order valence-corrected chi connectivity index (χ2v) is 6.76. The number of halogens is 1. The van der Waals surface area contributed by atoms with E-state index in [1.807, 2.05) is 30.3 Å². The molecule has 3 rings (SSSR count). The lowest BCUT2D eigenvalue weighted by Gasteiger charge is -2.14. The van der Waals surface area contributed by atoms with Crippen molar-refractivity contribution in [3.63, 3.8) is 0 Å². The quantitative estimate of drug-likeness (QED) is 0.616. The average Bonchev–Trinajstić information content (AvgIpc) is 3.35. The fourth-order valence-corrected chi connectivity index (χ4v) is 3.00. The van der Waals surface area contributed by atoms with Gasteiger partial charge in [0.15, 0.2) is 5.96 Å². The van der Waals surface area contributed by atoms with E-state index in [4.69, 9.17) is 10.5 Å². The van der Waals surface area contributed by atoms with Gasteiger partial charge in [0, 0.05) is 15.6 Å². The monoisotopic (exact) mass is 373 g/mol. The zero-order valence-electron chi connectivity index (χ0n) is 13.1. The molecule has 0 heterocycles. The van der Waals surface area contributed by atoms with E-state index in [1.165, 1.54) is 5.56 Å². The third kappa shape index (κ3) is 3.85. The summed E-state index contributed by atoms with van der Waals surface area (Å²) >= 11 is 3.54. The Kier molecular flexibility index (Phi) is 4.57. The standard InChI is InChI=1S/C18H20BrN3O/c1-23-16-7-5-15(6-8-16)22-17(20)21-12-18(9-10-18)13-3-2-4-14(19)11-13/h2-8,11H,9-10,12H2,1H3,(H3,20,21,22). The average molecular weight is 374 g/mol. The maximum absolute atomic E-state index is 6.02. The third-order valence-corrected chi connectivity index (χ3v) is 4.70. The summed E-state index contributed by atoms with van der Waals surface area (Å²) in [5.41, 5.74) is 8.40. The third-order valence-electron chi connectivity index (χ3n) is 4.21. The Hall–Kier alpha value is -2.01. The van der Waals surface area contributed by atoms with E-state index in [0.29, 0.717) is 12.5 Å². The van der Waals surface area contributed by atoms with Crippen LogP contribution in [0.15, 0.2) is 58.0 Å². The van der Waals surface area contributed by atoms with Crippen molar-refractivity contribution in [3.8, 4) is 5.75 Å². The van der Waals surface area contributed by atoms with Gasteiger partial charge < -0.3 is 15.8 Å². The number of nitrogens with one attached hydrogen (secondary N) is 1. The highest BCUT2D eigenvalue weighted by molar-refractivity contribution is 9.10. The van der Waals surface area contributed by atoms with Crippen molar-refractivity contribution >= 4 is 27.6 Å². The lowest BCUT2D eigenvalue weighted by molar-refractivity contribution is 0.415. The lowest BCUT2D eigenvalue weighted by atomic mass is 9.96. The van der Waals surface area contributed by atoms with E-state index >= 15 is 0 Å². The minimum absolute atomic E-state index is 0.149. The molecule has 0 spiro atoms. The Morgan fingerprint density at radius 2 is 2.00 bits per heavy atom. The van der Waals surface area contributed by atoms with E-state index in [1.54, 1.807) is 7.11 Å². The molecule has 4 nitrogen and oxygen atoms in total. The Morgan fingerprint density at radius 1 is 1.26 bits per heavy atom. The van der Waals surface area contributed by atoms with E-state index in [-0.39, 0.29) is 5.41 Å². The Labute approximate surface area is 144 Å². The number of methoxy groups -OCH3 is 1. The van der Waals surface area contributed by atoms with Crippen LogP contribution in [-0.4, -0.2) is 19.6 Å². The van der Waals surface area contributed by atoms with Crippen molar-refractivity contribution in [3.05, 3.63) is 58.6 Å². The second kappa shape index (κ2) is 6.62. The maximum atomic E-state index is 6.02. The summed E-state index contributed by atoms with van der Waals surface area (Å²) in [6.07, 6.45) is 2.31. The maximum Gasteiger partial charge on any atom is 0.193 e. The molecule has 0 amide bonds. The molecule has 1 fully saturated rings. The summed E-state index contributed by atoms with van der Waals surface area (Å²) in [5, 5.41) is 3.12. The highest BCUT2D eigenvalue weighted by Gasteiger charge is 2.44. The van der Waals surface area contributed by atoms with Crippen LogP contribution in [0.1, 0.15) is 18.4 Å². The minimum atomic E-state index is 0.149. The van der Waals surface area contributed by atoms with Gasteiger partial charge in [-0.05, 0) is 54.8 Å². The van der Waals surface area contributed by atoms with Crippen molar-refractivity contribution in [2.24, 2.45) is 10.7 Å².